The van der Waals surface area contributed by atoms with Gasteiger partial charge in [0.15, 0.2) is 0 Å². The third-order valence-corrected chi connectivity index (χ3v) is 7.58. The second-order valence-electron chi connectivity index (χ2n) is 10.0. The Morgan fingerprint density at radius 2 is 1.61 bits per heavy atom. The van der Waals surface area contributed by atoms with Crippen molar-refractivity contribution >= 4 is 0 Å². The lowest BCUT2D eigenvalue weighted by molar-refractivity contribution is -0.139. The van der Waals surface area contributed by atoms with Crippen molar-refractivity contribution in [2.75, 3.05) is 6.61 Å². The summed E-state index contributed by atoms with van der Waals surface area (Å²) in [6.07, 6.45) is 2.64. The molecule has 2 aromatic carbocycles. The molecule has 0 N–H and O–H groups in total. The fraction of sp³-hybridized carbons (Fsp3) is 0.571. The zero-order valence-corrected chi connectivity index (χ0v) is 19.6. The first kappa shape index (κ1) is 24.3. The van der Waals surface area contributed by atoms with Gasteiger partial charge in [-0.3, -0.25) is 0 Å². The van der Waals surface area contributed by atoms with E-state index in [0.29, 0.717) is 30.4 Å². The quantitative estimate of drug-likeness (QED) is 0.403. The lowest BCUT2D eigenvalue weighted by Crippen LogP contribution is -2.22. The average molecular weight is 463 g/mol. The molecular formula is C28H34F4O. The van der Waals surface area contributed by atoms with Crippen molar-refractivity contribution in [1.29, 1.82) is 0 Å². The number of benzene rings is 2. The van der Waals surface area contributed by atoms with E-state index in [0.717, 1.165) is 43.6 Å². The maximum absolute atomic E-state index is 15.4. The second kappa shape index (κ2) is 10.2. The minimum absolute atomic E-state index is 0.0222. The van der Waals surface area contributed by atoms with Gasteiger partial charge in [-0.05, 0) is 66.5 Å². The predicted molar refractivity (Wildman–Crippen MR) is 124 cm³/mol. The Labute approximate surface area is 194 Å². The Morgan fingerprint density at radius 1 is 0.909 bits per heavy atom. The van der Waals surface area contributed by atoms with Crippen LogP contribution in [0.3, 0.4) is 0 Å². The van der Waals surface area contributed by atoms with Crippen LogP contribution in [0, 0.1) is 17.7 Å². The first-order chi connectivity index (χ1) is 15.8. The van der Waals surface area contributed by atoms with Crippen molar-refractivity contribution in [3.63, 3.8) is 0 Å². The Kier molecular flexibility index (Phi) is 7.47. The third-order valence-electron chi connectivity index (χ3n) is 7.58. The van der Waals surface area contributed by atoms with Crippen LogP contribution in [0.4, 0.5) is 17.6 Å². The highest BCUT2D eigenvalue weighted by atomic mass is 19.4. The van der Waals surface area contributed by atoms with Crippen molar-refractivity contribution < 1.29 is 22.3 Å². The SMILES string of the molecule is CCCC1CCC(c2ccc(-c3ccc(C4CCC(C)CC4)cc3)c(C(F)(F)F)c2F)OC1. The predicted octanol–water partition coefficient (Wildman–Crippen LogP) is 9.07. The molecule has 0 radical (unpaired) electrons. The first-order valence-electron chi connectivity index (χ1n) is 12.4. The maximum atomic E-state index is 15.4. The smallest absolute Gasteiger partial charge is 0.373 e. The van der Waals surface area contributed by atoms with Crippen LogP contribution < -0.4 is 0 Å². The molecule has 2 aliphatic rings. The van der Waals surface area contributed by atoms with Gasteiger partial charge in [0.2, 0.25) is 0 Å². The fourth-order valence-electron chi connectivity index (χ4n) is 5.57. The minimum atomic E-state index is -4.78. The molecule has 180 valence electrons. The lowest BCUT2D eigenvalue weighted by Gasteiger charge is -2.30. The van der Waals surface area contributed by atoms with Crippen LogP contribution in [0.2, 0.25) is 0 Å². The van der Waals surface area contributed by atoms with Crippen molar-refractivity contribution in [3.05, 3.63) is 58.9 Å². The highest BCUT2D eigenvalue weighted by molar-refractivity contribution is 5.69. The lowest BCUT2D eigenvalue weighted by atomic mass is 9.79. The summed E-state index contributed by atoms with van der Waals surface area (Å²) in [5.74, 6) is 0.407. The van der Waals surface area contributed by atoms with Crippen LogP contribution in [0.15, 0.2) is 36.4 Å². The summed E-state index contributed by atoms with van der Waals surface area (Å²) in [7, 11) is 0. The molecule has 1 saturated carbocycles. The van der Waals surface area contributed by atoms with E-state index in [9.17, 15) is 13.2 Å². The molecular weight excluding hydrogens is 428 g/mol. The molecule has 1 heterocycles. The van der Waals surface area contributed by atoms with Gasteiger partial charge in [0.1, 0.15) is 5.82 Å². The Hall–Kier alpha value is -1.88. The van der Waals surface area contributed by atoms with Gasteiger partial charge < -0.3 is 4.74 Å². The fourth-order valence-corrected chi connectivity index (χ4v) is 5.57. The van der Waals surface area contributed by atoms with Crippen molar-refractivity contribution in [3.8, 4) is 11.1 Å². The molecule has 2 aromatic rings. The molecule has 0 aromatic heterocycles. The van der Waals surface area contributed by atoms with Crippen LogP contribution in [0.1, 0.15) is 93.9 Å². The van der Waals surface area contributed by atoms with Crippen LogP contribution in [-0.2, 0) is 10.9 Å². The standard InChI is InChI=1S/C28H34F4O/c1-3-4-19-7-16-25(33-17-19)24-15-14-23(26(27(24)29)28(30,31)32)22-12-10-21(11-13-22)20-8-5-18(2)6-9-20/h10-15,18-20,25H,3-9,16-17H2,1-2H3. The number of halogens is 4. The summed E-state index contributed by atoms with van der Waals surface area (Å²) >= 11 is 0. The highest BCUT2D eigenvalue weighted by Gasteiger charge is 2.39. The van der Waals surface area contributed by atoms with E-state index in [2.05, 4.69) is 13.8 Å². The van der Waals surface area contributed by atoms with E-state index in [1.54, 1.807) is 12.1 Å². The van der Waals surface area contributed by atoms with Crippen LogP contribution in [0.25, 0.3) is 11.1 Å². The summed E-state index contributed by atoms with van der Waals surface area (Å²) in [4.78, 5) is 0. The molecule has 1 saturated heterocycles. The Balaban J connectivity index is 1.60. The number of hydrogen-bond donors (Lipinski definition) is 0. The van der Waals surface area contributed by atoms with Gasteiger partial charge in [-0.1, -0.05) is 69.5 Å². The Bertz CT molecular complexity index is 918. The van der Waals surface area contributed by atoms with Crippen LogP contribution in [0.5, 0.6) is 0 Å². The molecule has 4 rings (SSSR count). The van der Waals surface area contributed by atoms with Gasteiger partial charge in [-0.25, -0.2) is 4.39 Å². The maximum Gasteiger partial charge on any atom is 0.419 e. The van der Waals surface area contributed by atoms with Crippen molar-refractivity contribution in [2.45, 2.75) is 83.4 Å². The number of rotatable bonds is 5. The molecule has 1 aliphatic heterocycles. The molecule has 0 bridgehead atoms. The first-order valence-corrected chi connectivity index (χ1v) is 12.4. The molecule has 0 spiro atoms. The van der Waals surface area contributed by atoms with Crippen molar-refractivity contribution in [2.24, 2.45) is 11.8 Å². The molecule has 0 amide bonds. The summed E-state index contributed by atoms with van der Waals surface area (Å²) in [5.41, 5.74) is 0.293. The van der Waals surface area contributed by atoms with Crippen LogP contribution >= 0.6 is 0 Å². The van der Waals surface area contributed by atoms with E-state index in [4.69, 9.17) is 4.74 Å². The van der Waals surface area contributed by atoms with Gasteiger partial charge >= 0.3 is 6.18 Å². The zero-order valence-electron chi connectivity index (χ0n) is 19.6. The summed E-state index contributed by atoms with van der Waals surface area (Å²) in [5, 5.41) is 0. The molecule has 2 atom stereocenters. The van der Waals surface area contributed by atoms with Gasteiger partial charge in [0.25, 0.3) is 0 Å². The Morgan fingerprint density at radius 3 is 2.18 bits per heavy atom. The van der Waals surface area contributed by atoms with E-state index >= 15 is 4.39 Å². The van der Waals surface area contributed by atoms with Crippen molar-refractivity contribution in [1.82, 2.24) is 0 Å². The monoisotopic (exact) mass is 462 g/mol. The summed E-state index contributed by atoms with van der Waals surface area (Å²) in [6.45, 7) is 4.84. The van der Waals surface area contributed by atoms with E-state index in [1.165, 1.54) is 25.0 Å². The van der Waals surface area contributed by atoms with Crippen LogP contribution in [-0.4, -0.2) is 6.61 Å². The molecule has 1 nitrogen and oxygen atoms in total. The average Bonchev–Trinajstić information content (AvgIpc) is 2.79. The molecule has 33 heavy (non-hydrogen) atoms. The third kappa shape index (κ3) is 5.45. The normalized spacial score (nSPS) is 26.4. The van der Waals surface area contributed by atoms with Gasteiger partial charge in [-0.2, -0.15) is 13.2 Å². The molecule has 1 aliphatic carbocycles. The summed E-state index contributed by atoms with van der Waals surface area (Å²) < 4.78 is 63.2. The molecule has 5 heteroatoms. The van der Waals surface area contributed by atoms with Gasteiger partial charge in [0.05, 0.1) is 18.3 Å². The largest absolute Gasteiger partial charge is 0.419 e. The highest BCUT2D eigenvalue weighted by Crippen LogP contribution is 2.44. The van der Waals surface area contributed by atoms with Gasteiger partial charge in [0, 0.05) is 5.56 Å². The zero-order chi connectivity index (χ0) is 23.6. The minimum Gasteiger partial charge on any atom is -0.373 e. The molecule has 2 fully saturated rings. The topological polar surface area (TPSA) is 9.23 Å². The summed E-state index contributed by atoms with van der Waals surface area (Å²) in [6, 6.07) is 10.2. The van der Waals surface area contributed by atoms with E-state index < -0.39 is 23.7 Å². The second-order valence-corrected chi connectivity index (χ2v) is 10.0. The van der Waals surface area contributed by atoms with E-state index in [1.807, 2.05) is 12.1 Å². The van der Waals surface area contributed by atoms with Gasteiger partial charge in [-0.15, -0.1) is 0 Å². The molecule has 2 unspecified atom stereocenters. The number of ether oxygens (including phenoxy) is 1. The number of hydrogen-bond acceptors (Lipinski definition) is 1. The van der Waals surface area contributed by atoms with E-state index in [-0.39, 0.29) is 11.1 Å². The number of alkyl halides is 3.